The van der Waals surface area contributed by atoms with Crippen LogP contribution in [0.25, 0.3) is 0 Å². The molecule has 0 saturated carbocycles. The van der Waals surface area contributed by atoms with E-state index in [4.69, 9.17) is 4.74 Å². The molecular formula is C20H27N3O3. The van der Waals surface area contributed by atoms with Gasteiger partial charge in [0.15, 0.2) is 5.69 Å². The SMILES string of the molecule is C[C@@H]1Cc2c(C(=O)NCc3cccc(C(C)(C)O)c3)nn(C)c2[C@H](C)O1. The molecule has 1 aromatic heterocycles. The van der Waals surface area contributed by atoms with Crippen LogP contribution in [0.2, 0.25) is 0 Å². The topological polar surface area (TPSA) is 76.4 Å². The van der Waals surface area contributed by atoms with Crippen LogP contribution in [-0.4, -0.2) is 26.9 Å². The number of carbonyl (C=O) groups is 1. The quantitative estimate of drug-likeness (QED) is 0.882. The first-order valence-corrected chi connectivity index (χ1v) is 8.98. The zero-order chi connectivity index (χ0) is 19.1. The zero-order valence-corrected chi connectivity index (χ0v) is 16.0. The first-order valence-electron chi connectivity index (χ1n) is 8.98. The lowest BCUT2D eigenvalue weighted by atomic mass is 9.96. The Morgan fingerprint density at radius 3 is 2.85 bits per heavy atom. The van der Waals surface area contributed by atoms with E-state index in [1.54, 1.807) is 18.5 Å². The molecule has 2 atom stereocenters. The normalized spacial score (nSPS) is 19.9. The molecule has 2 heterocycles. The maximum Gasteiger partial charge on any atom is 0.272 e. The van der Waals surface area contributed by atoms with Crippen molar-refractivity contribution in [2.75, 3.05) is 0 Å². The Hall–Kier alpha value is -2.18. The highest BCUT2D eigenvalue weighted by Gasteiger charge is 2.31. The van der Waals surface area contributed by atoms with Crippen molar-refractivity contribution in [2.24, 2.45) is 7.05 Å². The summed E-state index contributed by atoms with van der Waals surface area (Å²) < 4.78 is 7.59. The molecule has 6 nitrogen and oxygen atoms in total. The second-order valence-electron chi connectivity index (χ2n) is 7.57. The minimum atomic E-state index is -0.910. The standard InChI is InChI=1S/C20H27N3O3/c1-12-9-16-17(22-23(5)18(16)13(2)26-12)19(24)21-11-14-7-6-8-15(10-14)20(3,4)25/h6-8,10,12-13,25H,9,11H2,1-5H3,(H,21,24)/t12-,13+/m1/s1. The van der Waals surface area contributed by atoms with Crippen LogP contribution < -0.4 is 5.32 Å². The third kappa shape index (κ3) is 3.66. The van der Waals surface area contributed by atoms with Crippen LogP contribution in [0.1, 0.15) is 66.7 Å². The summed E-state index contributed by atoms with van der Waals surface area (Å²) >= 11 is 0. The van der Waals surface area contributed by atoms with E-state index in [1.807, 2.05) is 45.2 Å². The molecule has 2 N–H and O–H groups in total. The number of nitrogens with one attached hydrogen (secondary N) is 1. The molecule has 0 radical (unpaired) electrons. The monoisotopic (exact) mass is 357 g/mol. The minimum Gasteiger partial charge on any atom is -0.386 e. The van der Waals surface area contributed by atoms with Gasteiger partial charge in [-0.2, -0.15) is 5.10 Å². The van der Waals surface area contributed by atoms with Crippen LogP contribution >= 0.6 is 0 Å². The summed E-state index contributed by atoms with van der Waals surface area (Å²) in [6.07, 6.45) is 0.678. The van der Waals surface area contributed by atoms with Crippen molar-refractivity contribution < 1.29 is 14.6 Å². The smallest absolute Gasteiger partial charge is 0.272 e. The maximum atomic E-state index is 12.7. The van der Waals surface area contributed by atoms with Crippen molar-refractivity contribution in [2.45, 2.75) is 58.5 Å². The Balaban J connectivity index is 1.77. The molecule has 1 aromatic carbocycles. The lowest BCUT2D eigenvalue weighted by molar-refractivity contribution is -0.00903. The zero-order valence-electron chi connectivity index (χ0n) is 16.0. The maximum absolute atomic E-state index is 12.7. The number of benzene rings is 1. The summed E-state index contributed by atoms with van der Waals surface area (Å²) in [5, 5.41) is 17.5. The van der Waals surface area contributed by atoms with Gasteiger partial charge in [0.1, 0.15) is 0 Å². The Morgan fingerprint density at radius 2 is 2.15 bits per heavy atom. The summed E-state index contributed by atoms with van der Waals surface area (Å²) in [5.41, 5.74) is 3.26. The van der Waals surface area contributed by atoms with Crippen molar-refractivity contribution in [1.82, 2.24) is 15.1 Å². The third-order valence-corrected chi connectivity index (χ3v) is 4.81. The highest BCUT2D eigenvalue weighted by molar-refractivity contribution is 5.94. The fourth-order valence-corrected chi connectivity index (χ4v) is 3.55. The Bertz CT molecular complexity index is 820. The number of fused-ring (bicyclic) bond motifs is 1. The number of nitrogens with zero attached hydrogens (tertiary/aromatic N) is 2. The van der Waals surface area contributed by atoms with Crippen LogP contribution in [0.4, 0.5) is 0 Å². The van der Waals surface area contributed by atoms with Crippen LogP contribution in [-0.2, 0) is 30.4 Å². The molecule has 3 rings (SSSR count). The van der Waals surface area contributed by atoms with Gasteiger partial charge in [-0.25, -0.2) is 0 Å². The van der Waals surface area contributed by atoms with E-state index in [0.717, 1.165) is 22.4 Å². The number of aromatic nitrogens is 2. The lowest BCUT2D eigenvalue weighted by Gasteiger charge is -2.26. The van der Waals surface area contributed by atoms with Gasteiger partial charge in [0.25, 0.3) is 5.91 Å². The number of hydrogen-bond acceptors (Lipinski definition) is 4. The van der Waals surface area contributed by atoms with Crippen molar-refractivity contribution in [3.8, 4) is 0 Å². The molecule has 140 valence electrons. The van der Waals surface area contributed by atoms with Crippen LogP contribution in [0, 0.1) is 0 Å². The van der Waals surface area contributed by atoms with E-state index < -0.39 is 5.60 Å². The van der Waals surface area contributed by atoms with Crippen LogP contribution in [0.3, 0.4) is 0 Å². The molecule has 0 bridgehead atoms. The largest absolute Gasteiger partial charge is 0.386 e. The van der Waals surface area contributed by atoms with E-state index in [2.05, 4.69) is 10.4 Å². The molecule has 1 amide bonds. The average molecular weight is 357 g/mol. The number of rotatable bonds is 4. The molecule has 6 heteroatoms. The van der Waals surface area contributed by atoms with Gasteiger partial charge in [-0.1, -0.05) is 24.3 Å². The molecule has 0 aliphatic carbocycles. The van der Waals surface area contributed by atoms with E-state index in [-0.39, 0.29) is 18.1 Å². The summed E-state index contributed by atoms with van der Waals surface area (Å²) in [5.74, 6) is -0.184. The lowest BCUT2D eigenvalue weighted by Crippen LogP contribution is -2.27. The molecule has 26 heavy (non-hydrogen) atoms. The Labute approximate surface area is 154 Å². The Morgan fingerprint density at radius 1 is 1.42 bits per heavy atom. The van der Waals surface area contributed by atoms with Crippen molar-refractivity contribution in [3.63, 3.8) is 0 Å². The summed E-state index contributed by atoms with van der Waals surface area (Å²) in [7, 11) is 1.85. The van der Waals surface area contributed by atoms with E-state index in [1.165, 1.54) is 0 Å². The van der Waals surface area contributed by atoms with E-state index >= 15 is 0 Å². The fourth-order valence-electron chi connectivity index (χ4n) is 3.55. The summed E-state index contributed by atoms with van der Waals surface area (Å²) in [4.78, 5) is 12.7. The van der Waals surface area contributed by atoms with Gasteiger partial charge in [-0.3, -0.25) is 9.48 Å². The average Bonchev–Trinajstić information content (AvgIpc) is 2.89. The van der Waals surface area contributed by atoms with Crippen molar-refractivity contribution in [1.29, 1.82) is 0 Å². The molecule has 0 fully saturated rings. The van der Waals surface area contributed by atoms with Gasteiger partial charge in [0.2, 0.25) is 0 Å². The van der Waals surface area contributed by atoms with Gasteiger partial charge in [-0.05, 0) is 38.8 Å². The summed E-state index contributed by atoms with van der Waals surface area (Å²) in [6.45, 7) is 7.87. The number of aliphatic hydroxyl groups is 1. The van der Waals surface area contributed by atoms with Gasteiger partial charge >= 0.3 is 0 Å². The molecule has 0 saturated heterocycles. The van der Waals surface area contributed by atoms with Crippen LogP contribution in [0.5, 0.6) is 0 Å². The minimum absolute atomic E-state index is 0.0664. The molecule has 0 unspecified atom stereocenters. The molecule has 0 spiro atoms. The highest BCUT2D eigenvalue weighted by atomic mass is 16.5. The Kier molecular flexibility index (Phi) is 4.90. The number of hydrogen-bond donors (Lipinski definition) is 2. The number of amides is 1. The molecule has 1 aliphatic heterocycles. The summed E-state index contributed by atoms with van der Waals surface area (Å²) in [6, 6.07) is 7.61. The van der Waals surface area contributed by atoms with Gasteiger partial charge in [0.05, 0.1) is 23.5 Å². The number of aryl methyl sites for hydroxylation is 1. The second kappa shape index (κ2) is 6.85. The predicted molar refractivity (Wildman–Crippen MR) is 98.7 cm³/mol. The van der Waals surface area contributed by atoms with Gasteiger partial charge in [-0.15, -0.1) is 0 Å². The molecule has 1 aliphatic rings. The van der Waals surface area contributed by atoms with E-state index in [0.29, 0.717) is 18.7 Å². The number of carbonyl (C=O) groups excluding carboxylic acids is 1. The first kappa shape index (κ1) is 18.6. The second-order valence-corrected chi connectivity index (χ2v) is 7.57. The van der Waals surface area contributed by atoms with Crippen LogP contribution in [0.15, 0.2) is 24.3 Å². The highest BCUT2D eigenvalue weighted by Crippen LogP contribution is 2.31. The number of ether oxygens (including phenoxy) is 1. The fraction of sp³-hybridized carbons (Fsp3) is 0.500. The van der Waals surface area contributed by atoms with Crippen molar-refractivity contribution >= 4 is 5.91 Å². The molecule has 2 aromatic rings. The van der Waals surface area contributed by atoms with E-state index in [9.17, 15) is 9.90 Å². The van der Waals surface area contributed by atoms with Crippen molar-refractivity contribution in [3.05, 3.63) is 52.3 Å². The third-order valence-electron chi connectivity index (χ3n) is 4.81. The first-order chi connectivity index (χ1) is 12.2. The van der Waals surface area contributed by atoms with Gasteiger partial charge < -0.3 is 15.2 Å². The van der Waals surface area contributed by atoms with Gasteiger partial charge in [0, 0.05) is 25.6 Å². The molecular weight excluding hydrogens is 330 g/mol. The predicted octanol–water partition coefficient (Wildman–Crippen LogP) is 2.60.